The first-order chi connectivity index (χ1) is 20.4. The number of carbonyl (C=O) groups excluding carboxylic acids is 2. The minimum Gasteiger partial charge on any atom is -0.396 e. The van der Waals surface area contributed by atoms with Gasteiger partial charge in [0, 0.05) is 44.2 Å². The van der Waals surface area contributed by atoms with E-state index in [1.807, 2.05) is 62.4 Å². The Morgan fingerprint density at radius 2 is 1.45 bits per heavy atom. The third-order valence-corrected chi connectivity index (χ3v) is 7.33. The lowest BCUT2D eigenvalue weighted by Crippen LogP contribution is -2.17. The number of unbranched alkanes of at least 4 members (excludes halogenated alkanes) is 1. The second kappa shape index (κ2) is 15.1. The SMILES string of the molecule is Cc1c(CC(=O)c2ccc(CNCCO)cn2)cccc1-c1cccc(NC(=O)c2ccc(CCCCO)cn2)c1C. The van der Waals surface area contributed by atoms with Gasteiger partial charge in [-0.05, 0) is 90.3 Å². The summed E-state index contributed by atoms with van der Waals surface area (Å²) in [4.78, 5) is 34.8. The minimum absolute atomic E-state index is 0.0604. The smallest absolute Gasteiger partial charge is 0.274 e. The summed E-state index contributed by atoms with van der Waals surface area (Å²) in [5.41, 5.74) is 8.25. The van der Waals surface area contributed by atoms with Gasteiger partial charge >= 0.3 is 0 Å². The first-order valence-corrected chi connectivity index (χ1v) is 14.3. The molecule has 0 aliphatic carbocycles. The zero-order chi connectivity index (χ0) is 29.9. The lowest BCUT2D eigenvalue weighted by atomic mass is 9.91. The van der Waals surface area contributed by atoms with Crippen LogP contribution in [0, 0.1) is 13.8 Å². The molecular weight excluding hydrogens is 528 g/mol. The fraction of sp³-hybridized carbons (Fsp3) is 0.294. The van der Waals surface area contributed by atoms with Crippen molar-refractivity contribution < 1.29 is 19.8 Å². The molecule has 4 aromatic rings. The highest BCUT2D eigenvalue weighted by atomic mass is 16.3. The van der Waals surface area contributed by atoms with E-state index in [4.69, 9.17) is 10.2 Å². The number of anilines is 1. The average molecular weight is 567 g/mol. The molecule has 0 saturated carbocycles. The van der Waals surface area contributed by atoms with Gasteiger partial charge in [-0.25, -0.2) is 0 Å². The van der Waals surface area contributed by atoms with Crippen LogP contribution in [0.5, 0.6) is 0 Å². The molecule has 0 saturated heterocycles. The number of Topliss-reactive ketones (excluding diaryl/α,β-unsaturated/α-hetero) is 1. The molecule has 4 N–H and O–H groups in total. The van der Waals surface area contributed by atoms with E-state index in [1.165, 1.54) is 0 Å². The van der Waals surface area contributed by atoms with Gasteiger partial charge < -0.3 is 20.8 Å². The van der Waals surface area contributed by atoms with Crippen LogP contribution >= 0.6 is 0 Å². The van der Waals surface area contributed by atoms with Gasteiger partial charge in [-0.1, -0.05) is 42.5 Å². The van der Waals surface area contributed by atoms with Crippen LogP contribution in [-0.4, -0.2) is 51.6 Å². The molecule has 8 nitrogen and oxygen atoms in total. The Balaban J connectivity index is 1.47. The number of rotatable bonds is 14. The summed E-state index contributed by atoms with van der Waals surface area (Å²) in [6, 6.07) is 19.0. The number of amides is 1. The predicted molar refractivity (Wildman–Crippen MR) is 165 cm³/mol. The van der Waals surface area contributed by atoms with E-state index in [1.54, 1.807) is 24.5 Å². The summed E-state index contributed by atoms with van der Waals surface area (Å²) in [6.07, 6.45) is 6.06. The second-order valence-corrected chi connectivity index (χ2v) is 10.3. The first-order valence-electron chi connectivity index (χ1n) is 14.3. The third-order valence-electron chi connectivity index (χ3n) is 7.33. The number of carbonyl (C=O) groups is 2. The Kier molecular flexibility index (Phi) is 11.1. The highest BCUT2D eigenvalue weighted by Gasteiger charge is 2.16. The van der Waals surface area contributed by atoms with Gasteiger partial charge in [0.05, 0.1) is 6.61 Å². The van der Waals surface area contributed by atoms with E-state index < -0.39 is 0 Å². The molecule has 0 fully saturated rings. The average Bonchev–Trinajstić information content (AvgIpc) is 3.00. The highest BCUT2D eigenvalue weighted by Crippen LogP contribution is 2.32. The van der Waals surface area contributed by atoms with Crippen molar-refractivity contribution in [3.63, 3.8) is 0 Å². The lowest BCUT2D eigenvalue weighted by Gasteiger charge is -2.16. The standard InChI is InChI=1S/C34H38N4O4/c1-23-27(19-33(41)31-14-13-26(22-36-31)20-35-16-18-40)8-5-9-28(23)29-10-6-11-30(24(29)2)38-34(42)32-15-12-25(21-37-32)7-3-4-17-39/h5-6,8-15,21-22,35,39-40H,3-4,7,16-20H2,1-2H3,(H,38,42). The molecule has 0 atom stereocenters. The zero-order valence-corrected chi connectivity index (χ0v) is 24.2. The first kappa shape index (κ1) is 30.7. The molecule has 2 heterocycles. The summed E-state index contributed by atoms with van der Waals surface area (Å²) in [7, 11) is 0. The maximum absolute atomic E-state index is 13.1. The zero-order valence-electron chi connectivity index (χ0n) is 24.2. The van der Waals surface area contributed by atoms with E-state index in [0.29, 0.717) is 30.2 Å². The Morgan fingerprint density at radius 3 is 2.14 bits per heavy atom. The number of aliphatic hydroxyl groups is 2. The summed E-state index contributed by atoms with van der Waals surface area (Å²) < 4.78 is 0. The Bertz CT molecular complexity index is 1390. The van der Waals surface area contributed by atoms with Gasteiger partial charge in [0.2, 0.25) is 0 Å². The van der Waals surface area contributed by atoms with Crippen LogP contribution in [-0.2, 0) is 19.4 Å². The van der Waals surface area contributed by atoms with Gasteiger partial charge in [-0.15, -0.1) is 0 Å². The largest absolute Gasteiger partial charge is 0.396 e. The number of aryl methyl sites for hydroxylation is 1. The lowest BCUT2D eigenvalue weighted by molar-refractivity contribution is 0.0986. The van der Waals surface area contributed by atoms with Gasteiger partial charge in [0.25, 0.3) is 5.91 Å². The molecule has 0 aliphatic rings. The summed E-state index contributed by atoms with van der Waals surface area (Å²) in [5.74, 6) is -0.342. The number of benzene rings is 2. The van der Waals surface area contributed by atoms with E-state index in [0.717, 1.165) is 58.2 Å². The molecule has 1 amide bonds. The van der Waals surface area contributed by atoms with Crippen LogP contribution in [0.1, 0.15) is 61.6 Å². The van der Waals surface area contributed by atoms with Crippen molar-refractivity contribution in [1.82, 2.24) is 15.3 Å². The van der Waals surface area contributed by atoms with Crippen LogP contribution in [0.15, 0.2) is 73.1 Å². The molecule has 218 valence electrons. The number of pyridine rings is 2. The molecule has 0 bridgehead atoms. The van der Waals surface area contributed by atoms with E-state index in [-0.39, 0.29) is 31.3 Å². The van der Waals surface area contributed by atoms with Gasteiger partial charge in [-0.3, -0.25) is 19.6 Å². The van der Waals surface area contributed by atoms with E-state index >= 15 is 0 Å². The van der Waals surface area contributed by atoms with Gasteiger partial charge in [-0.2, -0.15) is 0 Å². The van der Waals surface area contributed by atoms with E-state index in [2.05, 4.69) is 20.6 Å². The van der Waals surface area contributed by atoms with Crippen molar-refractivity contribution >= 4 is 17.4 Å². The highest BCUT2D eigenvalue weighted by molar-refractivity contribution is 6.04. The molecule has 2 aromatic heterocycles. The second-order valence-electron chi connectivity index (χ2n) is 10.3. The fourth-order valence-electron chi connectivity index (χ4n) is 4.83. The van der Waals surface area contributed by atoms with Crippen LogP contribution < -0.4 is 10.6 Å². The summed E-state index contributed by atoms with van der Waals surface area (Å²) >= 11 is 0. The van der Waals surface area contributed by atoms with Crippen molar-refractivity contribution in [2.45, 2.75) is 46.1 Å². The number of aliphatic hydroxyl groups excluding tert-OH is 2. The monoisotopic (exact) mass is 566 g/mol. The minimum atomic E-state index is -0.282. The molecular formula is C34H38N4O4. The van der Waals surface area contributed by atoms with Crippen molar-refractivity contribution in [3.8, 4) is 11.1 Å². The molecule has 2 aromatic carbocycles. The van der Waals surface area contributed by atoms with Gasteiger partial charge in [0.1, 0.15) is 11.4 Å². The number of hydrogen-bond acceptors (Lipinski definition) is 7. The van der Waals surface area contributed by atoms with Gasteiger partial charge in [0.15, 0.2) is 5.78 Å². The number of ketones is 1. The number of nitrogens with one attached hydrogen (secondary N) is 2. The molecule has 8 heteroatoms. The number of nitrogens with zero attached hydrogens (tertiary/aromatic N) is 2. The maximum atomic E-state index is 13.1. The summed E-state index contributed by atoms with van der Waals surface area (Å²) in [5, 5.41) is 24.0. The molecule has 0 aliphatic heterocycles. The topological polar surface area (TPSA) is 124 Å². The van der Waals surface area contributed by atoms with Crippen molar-refractivity contribution in [1.29, 1.82) is 0 Å². The van der Waals surface area contributed by atoms with E-state index in [9.17, 15) is 9.59 Å². The van der Waals surface area contributed by atoms with Crippen molar-refractivity contribution in [2.24, 2.45) is 0 Å². The van der Waals surface area contributed by atoms with Crippen LogP contribution in [0.4, 0.5) is 5.69 Å². The maximum Gasteiger partial charge on any atom is 0.274 e. The van der Waals surface area contributed by atoms with Crippen molar-refractivity contribution in [2.75, 3.05) is 25.1 Å². The van der Waals surface area contributed by atoms with Crippen LogP contribution in [0.25, 0.3) is 11.1 Å². The molecule has 4 rings (SSSR count). The third kappa shape index (κ3) is 7.94. The Labute approximate surface area is 246 Å². The molecule has 0 unspecified atom stereocenters. The van der Waals surface area contributed by atoms with Crippen LogP contribution in [0.2, 0.25) is 0 Å². The Morgan fingerprint density at radius 1 is 0.762 bits per heavy atom. The normalized spacial score (nSPS) is 11.0. The molecule has 42 heavy (non-hydrogen) atoms. The fourth-order valence-corrected chi connectivity index (χ4v) is 4.83. The molecule has 0 spiro atoms. The number of aromatic nitrogens is 2. The Hall–Kier alpha value is -4.24. The molecule has 0 radical (unpaired) electrons. The van der Waals surface area contributed by atoms with Crippen LogP contribution in [0.3, 0.4) is 0 Å². The quantitative estimate of drug-likeness (QED) is 0.127. The summed E-state index contributed by atoms with van der Waals surface area (Å²) in [6.45, 7) is 5.31. The number of hydrogen-bond donors (Lipinski definition) is 4. The van der Waals surface area contributed by atoms with Crippen molar-refractivity contribution in [3.05, 3.63) is 112 Å². The predicted octanol–water partition coefficient (Wildman–Crippen LogP) is 4.84.